The molecular weight excluding hydrogens is 409 g/mol. The molecule has 32 heavy (non-hydrogen) atoms. The Labute approximate surface area is 183 Å². The van der Waals surface area contributed by atoms with Gasteiger partial charge in [-0.05, 0) is 61.0 Å². The van der Waals surface area contributed by atoms with E-state index in [9.17, 15) is 14.0 Å². The predicted molar refractivity (Wildman–Crippen MR) is 120 cm³/mol. The number of nitrogens with zero attached hydrogens (tertiary/aromatic N) is 1. The summed E-state index contributed by atoms with van der Waals surface area (Å²) in [6, 6.07) is 19.6. The number of anilines is 1. The van der Waals surface area contributed by atoms with Crippen molar-refractivity contribution in [3.8, 4) is 0 Å². The Balaban J connectivity index is 1.33. The molecule has 1 unspecified atom stereocenters. The van der Waals surface area contributed by atoms with Crippen molar-refractivity contribution in [1.82, 2.24) is 10.3 Å². The Morgan fingerprint density at radius 3 is 2.44 bits per heavy atom. The molecular formula is C25H20FN3O3. The summed E-state index contributed by atoms with van der Waals surface area (Å²) in [6.45, 7) is 1.86. The second kappa shape index (κ2) is 9.26. The molecule has 4 aromatic rings. The molecule has 0 spiro atoms. The average molecular weight is 429 g/mol. The molecule has 0 fully saturated rings. The Morgan fingerprint density at radius 2 is 1.72 bits per heavy atom. The van der Waals surface area contributed by atoms with Crippen LogP contribution in [-0.4, -0.2) is 16.8 Å². The maximum absolute atomic E-state index is 13.0. The molecule has 160 valence electrons. The van der Waals surface area contributed by atoms with E-state index < -0.39 is 5.82 Å². The van der Waals surface area contributed by atoms with Gasteiger partial charge in [0.1, 0.15) is 11.3 Å². The van der Waals surface area contributed by atoms with Crippen LogP contribution in [0.25, 0.3) is 17.2 Å². The van der Waals surface area contributed by atoms with Gasteiger partial charge < -0.3 is 15.1 Å². The van der Waals surface area contributed by atoms with Gasteiger partial charge >= 0.3 is 0 Å². The number of rotatable bonds is 6. The maximum Gasteiger partial charge on any atom is 0.255 e. The third kappa shape index (κ3) is 5.07. The first kappa shape index (κ1) is 21.0. The summed E-state index contributed by atoms with van der Waals surface area (Å²) in [6.07, 6.45) is 2.90. The zero-order valence-corrected chi connectivity index (χ0v) is 17.2. The van der Waals surface area contributed by atoms with Crippen molar-refractivity contribution >= 4 is 34.7 Å². The number of benzene rings is 3. The number of carbonyl (C=O) groups is 2. The van der Waals surface area contributed by atoms with Crippen LogP contribution in [0.1, 0.15) is 34.8 Å². The van der Waals surface area contributed by atoms with Crippen molar-refractivity contribution in [2.75, 3.05) is 5.32 Å². The van der Waals surface area contributed by atoms with Crippen LogP contribution in [0.2, 0.25) is 0 Å². The molecule has 1 heterocycles. The van der Waals surface area contributed by atoms with Crippen molar-refractivity contribution in [3.05, 3.63) is 102 Å². The van der Waals surface area contributed by atoms with Crippen molar-refractivity contribution in [3.63, 3.8) is 0 Å². The fraction of sp³-hybridized carbons (Fsp3) is 0.0800. The minimum Gasteiger partial charge on any atom is -0.437 e. The van der Waals surface area contributed by atoms with Crippen LogP contribution in [0, 0.1) is 5.82 Å². The first-order valence-corrected chi connectivity index (χ1v) is 9.99. The topological polar surface area (TPSA) is 84.2 Å². The fourth-order valence-electron chi connectivity index (χ4n) is 3.11. The molecule has 0 aliphatic carbocycles. The number of nitrogens with one attached hydrogen (secondary N) is 2. The van der Waals surface area contributed by atoms with E-state index >= 15 is 0 Å². The molecule has 0 aliphatic heterocycles. The number of para-hydroxylation sites is 2. The van der Waals surface area contributed by atoms with Crippen LogP contribution < -0.4 is 10.6 Å². The second-order valence-corrected chi connectivity index (χ2v) is 7.17. The van der Waals surface area contributed by atoms with Gasteiger partial charge in [0.15, 0.2) is 5.58 Å². The Bertz CT molecular complexity index is 1250. The van der Waals surface area contributed by atoms with E-state index in [-0.39, 0.29) is 17.9 Å². The smallest absolute Gasteiger partial charge is 0.255 e. The van der Waals surface area contributed by atoms with Gasteiger partial charge in [-0.2, -0.15) is 0 Å². The van der Waals surface area contributed by atoms with Crippen LogP contribution in [0.4, 0.5) is 10.1 Å². The SMILES string of the molecule is CC(NC(=O)C=Cc1nc2ccccc2o1)c1ccc(NC(=O)c2ccc(F)cc2)cc1. The molecule has 3 aromatic carbocycles. The van der Waals surface area contributed by atoms with Crippen LogP contribution in [0.3, 0.4) is 0 Å². The summed E-state index contributed by atoms with van der Waals surface area (Å²) >= 11 is 0. The number of amides is 2. The summed E-state index contributed by atoms with van der Waals surface area (Å²) in [5, 5.41) is 5.63. The van der Waals surface area contributed by atoms with Crippen molar-refractivity contribution in [1.29, 1.82) is 0 Å². The molecule has 7 heteroatoms. The number of halogens is 1. The normalized spacial score (nSPS) is 12.1. The van der Waals surface area contributed by atoms with Crippen LogP contribution in [-0.2, 0) is 4.79 Å². The highest BCUT2D eigenvalue weighted by Gasteiger charge is 2.10. The lowest BCUT2D eigenvalue weighted by molar-refractivity contribution is -0.117. The zero-order valence-electron chi connectivity index (χ0n) is 17.2. The molecule has 0 saturated carbocycles. The number of carbonyl (C=O) groups excluding carboxylic acids is 2. The lowest BCUT2D eigenvalue weighted by Gasteiger charge is -2.14. The minimum absolute atomic E-state index is 0.252. The number of hydrogen-bond donors (Lipinski definition) is 2. The van der Waals surface area contributed by atoms with Crippen LogP contribution in [0.15, 0.2) is 83.3 Å². The van der Waals surface area contributed by atoms with Crippen molar-refractivity contribution in [2.45, 2.75) is 13.0 Å². The van der Waals surface area contributed by atoms with E-state index in [0.29, 0.717) is 22.7 Å². The van der Waals surface area contributed by atoms with E-state index in [0.717, 1.165) is 11.1 Å². The highest BCUT2D eigenvalue weighted by atomic mass is 19.1. The molecule has 2 amide bonds. The number of aromatic nitrogens is 1. The van der Waals surface area contributed by atoms with E-state index in [1.807, 2.05) is 43.3 Å². The van der Waals surface area contributed by atoms with Gasteiger partial charge in [-0.1, -0.05) is 24.3 Å². The molecule has 0 bridgehead atoms. The van der Waals surface area contributed by atoms with Gasteiger partial charge in [0, 0.05) is 23.4 Å². The first-order valence-electron chi connectivity index (χ1n) is 9.99. The third-order valence-electron chi connectivity index (χ3n) is 4.82. The molecule has 6 nitrogen and oxygen atoms in total. The molecule has 0 aliphatic rings. The van der Waals surface area contributed by atoms with Gasteiger partial charge in [0.2, 0.25) is 11.8 Å². The summed E-state index contributed by atoms with van der Waals surface area (Å²) in [5.41, 5.74) is 3.22. The Hall–Kier alpha value is -4.26. The number of oxazole rings is 1. The summed E-state index contributed by atoms with van der Waals surface area (Å²) in [4.78, 5) is 28.8. The number of hydrogen-bond acceptors (Lipinski definition) is 4. The molecule has 1 atom stereocenters. The van der Waals surface area contributed by atoms with Crippen molar-refractivity contribution in [2.24, 2.45) is 0 Å². The lowest BCUT2D eigenvalue weighted by Crippen LogP contribution is -2.24. The predicted octanol–water partition coefficient (Wildman–Crippen LogP) is 5.11. The minimum atomic E-state index is -0.398. The monoisotopic (exact) mass is 429 g/mol. The van der Waals surface area contributed by atoms with Crippen LogP contribution >= 0.6 is 0 Å². The molecule has 1 aromatic heterocycles. The third-order valence-corrected chi connectivity index (χ3v) is 4.82. The van der Waals surface area contributed by atoms with Gasteiger partial charge in [-0.3, -0.25) is 9.59 Å². The van der Waals surface area contributed by atoms with E-state index in [2.05, 4.69) is 15.6 Å². The number of fused-ring (bicyclic) bond motifs is 1. The molecule has 4 rings (SSSR count). The quantitative estimate of drug-likeness (QED) is 0.417. The zero-order chi connectivity index (χ0) is 22.5. The van der Waals surface area contributed by atoms with E-state index in [4.69, 9.17) is 4.42 Å². The van der Waals surface area contributed by atoms with E-state index in [1.165, 1.54) is 36.4 Å². The second-order valence-electron chi connectivity index (χ2n) is 7.17. The highest BCUT2D eigenvalue weighted by molar-refractivity contribution is 6.04. The van der Waals surface area contributed by atoms with Gasteiger partial charge in [0.05, 0.1) is 6.04 Å². The Morgan fingerprint density at radius 1 is 1.00 bits per heavy atom. The molecule has 0 saturated heterocycles. The average Bonchev–Trinajstić information content (AvgIpc) is 3.22. The van der Waals surface area contributed by atoms with Crippen molar-refractivity contribution < 1.29 is 18.4 Å². The standard InChI is InChI=1S/C25H20FN3O3/c1-16(27-23(30)14-15-24-29-21-4-2-3-5-22(21)32-24)17-8-12-20(13-9-17)28-25(31)18-6-10-19(26)11-7-18/h2-16H,1H3,(H,27,30)(H,28,31). The van der Waals surface area contributed by atoms with E-state index in [1.54, 1.807) is 12.1 Å². The Kier molecular flexibility index (Phi) is 6.07. The van der Waals surface area contributed by atoms with Crippen LogP contribution in [0.5, 0.6) is 0 Å². The first-order chi connectivity index (χ1) is 15.5. The van der Waals surface area contributed by atoms with Gasteiger partial charge in [-0.15, -0.1) is 0 Å². The fourth-order valence-corrected chi connectivity index (χ4v) is 3.11. The summed E-state index contributed by atoms with van der Waals surface area (Å²) in [7, 11) is 0. The van der Waals surface area contributed by atoms with Gasteiger partial charge in [0.25, 0.3) is 5.91 Å². The highest BCUT2D eigenvalue weighted by Crippen LogP contribution is 2.18. The molecule has 0 radical (unpaired) electrons. The summed E-state index contributed by atoms with van der Waals surface area (Å²) < 4.78 is 18.6. The maximum atomic E-state index is 13.0. The summed E-state index contributed by atoms with van der Waals surface area (Å²) in [5.74, 6) is -0.655. The molecule has 2 N–H and O–H groups in total. The largest absolute Gasteiger partial charge is 0.437 e. The van der Waals surface area contributed by atoms with Gasteiger partial charge in [-0.25, -0.2) is 9.37 Å². The lowest BCUT2D eigenvalue weighted by atomic mass is 10.1.